The Morgan fingerprint density at radius 3 is 1.19 bits per heavy atom. The predicted octanol–water partition coefficient (Wildman–Crippen LogP) is 26.1. The molecule has 0 saturated carbocycles. The van der Waals surface area contributed by atoms with Crippen molar-refractivity contribution in [2.24, 2.45) is 5.73 Å². The minimum Gasteiger partial charge on any atom is -0.512 e. The van der Waals surface area contributed by atoms with Gasteiger partial charge in [-0.2, -0.15) is 10.5 Å². The lowest BCUT2D eigenvalue weighted by Gasteiger charge is -2.14. The van der Waals surface area contributed by atoms with Gasteiger partial charge in [0.2, 0.25) is 5.91 Å². The quantitative estimate of drug-likeness (QED) is 0.0276. The summed E-state index contributed by atoms with van der Waals surface area (Å²) < 4.78 is 2.98. The molecule has 1 radical (unpaired) electrons. The number of hydrogen-bond acceptors (Lipinski definition) is 22. The zero-order chi connectivity index (χ0) is 91.5. The number of nitrogens with two attached hydrogens (primary N) is 1. The maximum atomic E-state index is 12.0. The van der Waals surface area contributed by atoms with Crippen LogP contribution in [0.25, 0.3) is 59.5 Å². The molecule has 1 amide bonds. The number of primary amides is 1. The van der Waals surface area contributed by atoms with Crippen LogP contribution in [-0.2, 0) is 73.8 Å². The van der Waals surface area contributed by atoms with Crippen molar-refractivity contribution in [3.63, 3.8) is 0 Å². The van der Waals surface area contributed by atoms with Crippen LogP contribution in [-0.4, -0.2) is 69.4 Å². The number of carbonyl (C=O) groups is 2. The first-order valence-corrected chi connectivity index (χ1v) is 47.7. The average molecular weight is 1910 g/mol. The Labute approximate surface area is 804 Å². The molecule has 0 atom stereocenters. The third-order valence-corrected chi connectivity index (χ3v) is 27.0. The molecule has 20 nitrogen and oxygen atoms in total. The summed E-state index contributed by atoms with van der Waals surface area (Å²) in [6.07, 6.45) is 10.8. The molecule has 0 saturated heterocycles. The molecule has 15 aromatic rings. The number of rotatable bonds is 24. The lowest BCUT2D eigenvalue weighted by Crippen LogP contribution is -2.13. The number of aliphatic hydroxyl groups is 1. The van der Waals surface area contributed by atoms with E-state index >= 15 is 0 Å². The highest BCUT2D eigenvalue weighted by molar-refractivity contribution is 7.20. The Morgan fingerprint density at radius 1 is 0.443 bits per heavy atom. The number of aliphatic hydroxyl groups excluding tert-OH is 1. The maximum absolute atomic E-state index is 12.0. The summed E-state index contributed by atoms with van der Waals surface area (Å²) in [5, 5.41) is 45.5. The number of allylic oxidation sites excluding steroid dienone is 2. The third kappa shape index (κ3) is 25.1. The molecule has 0 unspecified atom stereocenters. The van der Waals surface area contributed by atoms with Gasteiger partial charge in [-0.1, -0.05) is 164 Å². The zero-order valence-electron chi connectivity index (χ0n) is 72.9. The second-order valence-corrected chi connectivity index (χ2v) is 38.1. The number of aryl methyl sites for hydroxylation is 5. The first-order valence-electron chi connectivity index (χ1n) is 42.5. The van der Waals surface area contributed by atoms with Gasteiger partial charge < -0.3 is 42.9 Å². The van der Waals surface area contributed by atoms with Crippen LogP contribution in [0.15, 0.2) is 212 Å². The van der Waals surface area contributed by atoms with Gasteiger partial charge in [-0.05, 0) is 245 Å². The van der Waals surface area contributed by atoms with Crippen LogP contribution in [0, 0.1) is 43.4 Å². The Balaban J connectivity index is 0.000000139. The highest BCUT2D eigenvalue weighted by Crippen LogP contribution is 2.42. The van der Waals surface area contributed by atoms with Crippen LogP contribution in [0.1, 0.15) is 125 Å². The van der Waals surface area contributed by atoms with E-state index in [9.17, 15) is 14.7 Å². The number of hydrogen-bond donors (Lipinski definition) is 7. The summed E-state index contributed by atoms with van der Waals surface area (Å²) in [4.78, 5) is 65.0. The predicted molar refractivity (Wildman–Crippen MR) is 544 cm³/mol. The molecule has 3 aliphatic rings. The standard InChI is InChI=1S/C22H20ClN3O2S.C21H19ClN4.C20H18ClN3OS.C20H16ClN3S.C18H18BClN3S.H2O/c1-3-15-12(2)24-22(18-10-11-19(23)29-18)26-21(15)25-14-6-4-13(5-7-14)20-16(27)8-9-17(20)28;1-3-19-14(2)24-20(16-5-4-6-17(22)13-16)26-21(19)25-18-9-7-15(8-10-18)11-12-23;21-19-9-8-18(26-19)17-11-16(14-2-1-3-15(14)24-17)23-13-6-4-12(5-7-13)10-20(22)25;21-20-9-8-19(25-20)18-12-17(15-2-1-3-16(15)24-18)23-14-6-4-13(5-7-14)10-11-22;1-4-14-11(2)21-18(15-9-10-16(20)24-15)23-17(14)22-13-7-5-12(19-3)6-8-13;/h4-7,10-11,27H,3,8-9H2,1-2H3,(H,24,25,26);4-10,13H,3,11H2,1-2H3,(H,24,25,26);4-9,11H,1-3,10H2,(H2,22,25)(H,23,24);4-9,12H,1-3,10H2,(H,23,24);5-10H,4H2,1-3H3,(H,21,22,23);1H2. The largest absolute Gasteiger partial charge is 0.512 e. The number of carbonyl (C=O) groups excluding carboxylic acids is 2. The van der Waals surface area contributed by atoms with Crippen molar-refractivity contribution in [3.05, 3.63) is 313 Å². The lowest BCUT2D eigenvalue weighted by molar-refractivity contribution is -0.117. The maximum Gasteiger partial charge on any atom is 0.221 e. The first-order chi connectivity index (χ1) is 63.0. The second kappa shape index (κ2) is 45.6. The van der Waals surface area contributed by atoms with Crippen LogP contribution in [0.4, 0.5) is 57.3 Å². The Morgan fingerprint density at radius 2 is 0.824 bits per heavy atom. The molecule has 10 N–H and O–H groups in total. The molecular weight excluding hydrogens is 1820 g/mol. The van der Waals surface area contributed by atoms with Gasteiger partial charge in [0.05, 0.1) is 85.2 Å². The number of pyridine rings is 2. The minimum absolute atomic E-state index is 0. The third-order valence-electron chi connectivity index (χ3n) is 21.9. The van der Waals surface area contributed by atoms with Gasteiger partial charge in [0.25, 0.3) is 0 Å². The molecule has 6 aromatic carbocycles. The molecule has 0 spiro atoms. The molecule has 9 aromatic heterocycles. The summed E-state index contributed by atoms with van der Waals surface area (Å²) in [7, 11) is 2.08. The van der Waals surface area contributed by atoms with Gasteiger partial charge >= 0.3 is 0 Å². The molecule has 3 aliphatic carbocycles. The van der Waals surface area contributed by atoms with Crippen LogP contribution < -0.4 is 37.8 Å². The van der Waals surface area contributed by atoms with Crippen LogP contribution in [0.5, 0.6) is 0 Å². The number of fused-ring (bicyclic) bond motifs is 2. The van der Waals surface area contributed by atoms with Crippen molar-refractivity contribution < 1.29 is 20.2 Å². The summed E-state index contributed by atoms with van der Waals surface area (Å²) in [5.41, 5.74) is 31.5. The summed E-state index contributed by atoms with van der Waals surface area (Å²) in [6.45, 7) is 14.3. The Kier molecular flexibility index (Phi) is 33.5. The topological polar surface area (TPSA) is 323 Å². The number of thiophene rings is 4. The first kappa shape index (κ1) is 96.4. The van der Waals surface area contributed by atoms with Gasteiger partial charge in [0.1, 0.15) is 30.5 Å². The van der Waals surface area contributed by atoms with Crippen molar-refractivity contribution in [1.29, 1.82) is 10.5 Å². The van der Waals surface area contributed by atoms with E-state index < -0.39 is 0 Å². The van der Waals surface area contributed by atoms with E-state index in [0.29, 0.717) is 58.1 Å². The Bertz CT molecular complexity index is 6720. The fourth-order valence-corrected chi connectivity index (χ4v) is 19.5. The molecule has 30 heteroatoms. The summed E-state index contributed by atoms with van der Waals surface area (Å²) in [6, 6.07) is 71.0. The van der Waals surface area contributed by atoms with Gasteiger partial charge in [-0.25, -0.2) is 29.9 Å². The van der Waals surface area contributed by atoms with Gasteiger partial charge in [0, 0.05) is 108 Å². The molecule has 0 aliphatic heterocycles. The highest BCUT2D eigenvalue weighted by atomic mass is 35.5. The molecular formula is C101H93BCl5N16O4S4. The number of nitriles is 2. The van der Waals surface area contributed by atoms with Gasteiger partial charge in [-0.3, -0.25) is 19.6 Å². The molecule has 0 bridgehead atoms. The number of amides is 1. The number of ketones is 1. The van der Waals surface area contributed by atoms with Gasteiger partial charge in [-0.15, -0.1) is 45.3 Å². The van der Waals surface area contributed by atoms with E-state index in [-0.39, 0.29) is 29.3 Å². The normalized spacial score (nSPS) is 12.1. The number of benzene rings is 6. The van der Waals surface area contributed by atoms with Crippen molar-refractivity contribution in [2.75, 3.05) is 26.6 Å². The molecule has 0 fully saturated rings. The number of anilines is 10. The number of nitrogens with one attached hydrogen (secondary N) is 5. The number of Topliss-reactive ketones (excluding diaryl/α,β-unsaturated/α-hetero) is 1. The van der Waals surface area contributed by atoms with Crippen LogP contribution in [0.2, 0.25) is 29.2 Å². The number of nitrogens with zero attached hydrogens (tertiary/aromatic N) is 10. The number of aromatic nitrogens is 8. The van der Waals surface area contributed by atoms with Crippen molar-refractivity contribution in [2.45, 2.75) is 138 Å². The minimum atomic E-state index is -0.322. The molecule has 663 valence electrons. The summed E-state index contributed by atoms with van der Waals surface area (Å²) >= 11 is 36.4. The van der Waals surface area contributed by atoms with E-state index in [1.807, 2.05) is 197 Å². The molecule has 18 rings (SSSR count). The Hall–Kier alpha value is -12.2. The van der Waals surface area contributed by atoms with Crippen LogP contribution >= 0.6 is 103 Å². The second-order valence-electron chi connectivity index (χ2n) is 30.8. The van der Waals surface area contributed by atoms with E-state index in [2.05, 4.69) is 118 Å². The fourth-order valence-electron chi connectivity index (χ4n) is 15.4. The molecule has 131 heavy (non-hydrogen) atoms. The lowest BCUT2D eigenvalue weighted by atomic mass is 9.73. The van der Waals surface area contributed by atoms with Crippen LogP contribution in [0.3, 0.4) is 0 Å². The fraction of sp³-hybridized carbons (Fsp3) is 0.208. The zero-order valence-corrected chi connectivity index (χ0v) is 80.0. The van der Waals surface area contributed by atoms with Crippen molar-refractivity contribution in [3.8, 4) is 66.1 Å². The highest BCUT2D eigenvalue weighted by Gasteiger charge is 2.26. The summed E-state index contributed by atoms with van der Waals surface area (Å²) in [5.74, 6) is 4.25. The monoisotopic (exact) mass is 1910 g/mol. The average Bonchev–Trinajstić information content (AvgIpc) is 1.68. The van der Waals surface area contributed by atoms with Crippen molar-refractivity contribution >= 4 is 191 Å². The SMILES string of the molecule is CCc1c(C)nc(-c2ccc(Cl)s2)nc1Nc1ccc(C2=C(O)CCC2=O)cc1.CCc1c(C)nc(-c2cccc(Cl)c2)nc1Nc1ccc(CC#N)cc1.C[B]c1ccc(Nc2nc(-c3ccc(Cl)s3)nc(C)c2CC)cc1.N#CCc1ccc(Nc2cc(-c3ccc(Cl)s3)nc3c2CCC3)cc1.NC(=O)Cc1ccc(Nc2cc(-c3ccc(Cl)s3)nc3c2CCC3)cc1.O. The van der Waals surface area contributed by atoms with E-state index in [4.69, 9.17) is 99.2 Å². The number of halogens is 5. The van der Waals surface area contributed by atoms with Gasteiger partial charge in [0.15, 0.2) is 23.3 Å². The smallest absolute Gasteiger partial charge is 0.221 e. The van der Waals surface area contributed by atoms with Crippen molar-refractivity contribution in [1.82, 2.24) is 39.9 Å². The van der Waals surface area contributed by atoms with E-state index in [1.54, 1.807) is 22.7 Å². The molecule has 9 heterocycles. The van der Waals surface area contributed by atoms with E-state index in [1.165, 1.54) is 50.7 Å². The van der Waals surface area contributed by atoms with E-state index in [0.717, 1.165) is 221 Å².